The first-order chi connectivity index (χ1) is 14.1. The number of pyridine rings is 1. The highest BCUT2D eigenvalue weighted by Crippen LogP contribution is 2.33. The maximum Gasteiger partial charge on any atom is 0.259 e. The van der Waals surface area contributed by atoms with Crippen LogP contribution in [0.25, 0.3) is 0 Å². The number of aryl methyl sites for hydroxylation is 1. The molecule has 29 heavy (non-hydrogen) atoms. The molecule has 6 nitrogen and oxygen atoms in total. The third-order valence-electron chi connectivity index (χ3n) is 4.82. The van der Waals surface area contributed by atoms with E-state index in [0.29, 0.717) is 17.1 Å². The van der Waals surface area contributed by atoms with Crippen LogP contribution < -0.4 is 5.32 Å². The van der Waals surface area contributed by atoms with E-state index in [-0.39, 0.29) is 5.91 Å². The van der Waals surface area contributed by atoms with Gasteiger partial charge in [0.1, 0.15) is 0 Å². The van der Waals surface area contributed by atoms with Crippen LogP contribution >= 0.6 is 11.3 Å². The summed E-state index contributed by atoms with van der Waals surface area (Å²) in [5.41, 5.74) is 5.41. The molecule has 1 aliphatic heterocycles. The fourth-order valence-corrected chi connectivity index (χ4v) is 3.86. The molecule has 3 aromatic rings. The molecule has 148 valence electrons. The SMILES string of the molecule is CN(C)CCCc1ccc(C2=Nc3c(cccc3C(=O)Nc3nccs3)C2)cn1. The number of aromatic nitrogens is 2. The zero-order valence-electron chi connectivity index (χ0n) is 16.6. The number of amides is 1. The zero-order valence-corrected chi connectivity index (χ0v) is 17.4. The van der Waals surface area contributed by atoms with Gasteiger partial charge in [-0.15, -0.1) is 11.3 Å². The molecule has 0 bridgehead atoms. The summed E-state index contributed by atoms with van der Waals surface area (Å²) in [4.78, 5) is 28.4. The smallest absolute Gasteiger partial charge is 0.259 e. The molecule has 1 aromatic carbocycles. The predicted molar refractivity (Wildman–Crippen MR) is 118 cm³/mol. The van der Waals surface area contributed by atoms with Crippen LogP contribution in [-0.2, 0) is 12.8 Å². The van der Waals surface area contributed by atoms with E-state index in [4.69, 9.17) is 4.99 Å². The minimum Gasteiger partial charge on any atom is -0.309 e. The third kappa shape index (κ3) is 4.58. The number of nitrogens with zero attached hydrogens (tertiary/aromatic N) is 4. The number of hydrogen-bond acceptors (Lipinski definition) is 6. The lowest BCUT2D eigenvalue weighted by atomic mass is 10.0. The first-order valence-electron chi connectivity index (χ1n) is 9.60. The van der Waals surface area contributed by atoms with Crippen LogP contribution in [0.1, 0.15) is 33.6 Å². The number of carbonyl (C=O) groups is 1. The van der Waals surface area contributed by atoms with Gasteiger partial charge < -0.3 is 4.90 Å². The van der Waals surface area contributed by atoms with Gasteiger partial charge in [-0.25, -0.2) is 4.98 Å². The molecule has 2 aromatic heterocycles. The summed E-state index contributed by atoms with van der Waals surface area (Å²) in [6, 6.07) is 9.89. The number of fused-ring (bicyclic) bond motifs is 1. The molecule has 1 aliphatic rings. The minimum absolute atomic E-state index is 0.184. The van der Waals surface area contributed by atoms with E-state index >= 15 is 0 Å². The van der Waals surface area contributed by atoms with Gasteiger partial charge in [0.2, 0.25) is 0 Å². The van der Waals surface area contributed by atoms with E-state index in [0.717, 1.165) is 47.6 Å². The molecule has 0 fully saturated rings. The molecule has 7 heteroatoms. The Bertz CT molecular complexity index is 1030. The van der Waals surface area contributed by atoms with Crippen molar-refractivity contribution in [1.29, 1.82) is 0 Å². The Kier molecular flexibility index (Phi) is 5.78. The quantitative estimate of drug-likeness (QED) is 0.646. The van der Waals surface area contributed by atoms with E-state index in [1.54, 1.807) is 12.3 Å². The average molecular weight is 406 g/mol. The summed E-state index contributed by atoms with van der Waals surface area (Å²) in [5, 5.41) is 5.26. The van der Waals surface area contributed by atoms with Crippen LogP contribution in [-0.4, -0.2) is 47.1 Å². The fraction of sp³-hybridized carbons (Fsp3) is 0.273. The van der Waals surface area contributed by atoms with Crippen molar-refractivity contribution in [3.63, 3.8) is 0 Å². The topological polar surface area (TPSA) is 70.5 Å². The Balaban J connectivity index is 1.50. The summed E-state index contributed by atoms with van der Waals surface area (Å²) in [6.45, 7) is 1.05. The molecule has 3 heterocycles. The van der Waals surface area contributed by atoms with Crippen LogP contribution in [0.3, 0.4) is 0 Å². The maximum absolute atomic E-state index is 12.7. The van der Waals surface area contributed by atoms with Crippen LogP contribution in [0.4, 0.5) is 10.8 Å². The molecule has 0 saturated carbocycles. The minimum atomic E-state index is -0.184. The van der Waals surface area contributed by atoms with E-state index in [1.165, 1.54) is 11.3 Å². The highest BCUT2D eigenvalue weighted by Gasteiger charge is 2.22. The molecule has 0 atom stereocenters. The van der Waals surface area contributed by atoms with Gasteiger partial charge in [0.15, 0.2) is 5.13 Å². The van der Waals surface area contributed by atoms with Crippen molar-refractivity contribution >= 4 is 33.8 Å². The van der Waals surface area contributed by atoms with E-state index in [2.05, 4.69) is 46.4 Å². The molecule has 0 spiro atoms. The van der Waals surface area contributed by atoms with Crippen LogP contribution in [0.5, 0.6) is 0 Å². The van der Waals surface area contributed by atoms with Crippen molar-refractivity contribution in [2.45, 2.75) is 19.3 Å². The molecule has 1 N–H and O–H groups in total. The number of nitrogens with one attached hydrogen (secondary N) is 1. The van der Waals surface area contributed by atoms with Gasteiger partial charge >= 0.3 is 0 Å². The van der Waals surface area contributed by atoms with Crippen LogP contribution in [0.15, 0.2) is 53.1 Å². The highest BCUT2D eigenvalue weighted by atomic mass is 32.1. The van der Waals surface area contributed by atoms with Crippen molar-refractivity contribution in [1.82, 2.24) is 14.9 Å². The normalized spacial score (nSPS) is 12.7. The Morgan fingerprint density at radius 2 is 2.10 bits per heavy atom. The van der Waals surface area contributed by atoms with Crippen molar-refractivity contribution in [2.24, 2.45) is 4.99 Å². The molecule has 4 rings (SSSR count). The number of benzene rings is 1. The molecule has 0 saturated heterocycles. The van der Waals surface area contributed by atoms with E-state index < -0.39 is 0 Å². The van der Waals surface area contributed by atoms with Crippen molar-refractivity contribution in [3.8, 4) is 0 Å². The largest absolute Gasteiger partial charge is 0.309 e. The summed E-state index contributed by atoms with van der Waals surface area (Å²) < 4.78 is 0. The standard InChI is InChI=1S/C22H23N5OS/c1-27(2)11-4-6-17-9-8-16(14-24-17)19-13-15-5-3-7-18(20(15)25-19)21(28)26-22-23-10-12-29-22/h3,5,7-10,12,14H,4,6,11,13H2,1-2H3,(H,23,26,28). The van der Waals surface area contributed by atoms with Gasteiger partial charge in [-0.3, -0.25) is 20.1 Å². The second-order valence-corrected chi connectivity index (χ2v) is 8.18. The van der Waals surface area contributed by atoms with Crippen LogP contribution in [0.2, 0.25) is 0 Å². The second-order valence-electron chi connectivity index (χ2n) is 7.28. The monoisotopic (exact) mass is 405 g/mol. The summed E-state index contributed by atoms with van der Waals surface area (Å²) in [5.74, 6) is -0.184. The Morgan fingerprint density at radius 1 is 1.21 bits per heavy atom. The molecule has 0 unspecified atom stereocenters. The van der Waals surface area contributed by atoms with Crippen molar-refractivity contribution < 1.29 is 4.79 Å². The number of hydrogen-bond donors (Lipinski definition) is 1. The molecular weight excluding hydrogens is 382 g/mol. The van der Waals surface area contributed by atoms with Gasteiger partial charge in [-0.2, -0.15) is 0 Å². The average Bonchev–Trinajstić information content (AvgIpc) is 3.37. The second kappa shape index (κ2) is 8.63. The van der Waals surface area contributed by atoms with Crippen molar-refractivity contribution in [3.05, 3.63) is 70.5 Å². The summed E-state index contributed by atoms with van der Waals surface area (Å²) in [6.07, 6.45) is 6.32. The number of carbonyl (C=O) groups excluding carboxylic acids is 1. The highest BCUT2D eigenvalue weighted by molar-refractivity contribution is 7.13. The number of anilines is 1. The molecule has 0 radical (unpaired) electrons. The van der Waals surface area contributed by atoms with Crippen molar-refractivity contribution in [2.75, 3.05) is 26.0 Å². The predicted octanol–water partition coefficient (Wildman–Crippen LogP) is 3.96. The molecular formula is C22H23N5OS. The lowest BCUT2D eigenvalue weighted by Crippen LogP contribution is -2.13. The fourth-order valence-electron chi connectivity index (χ4n) is 3.34. The van der Waals surface area contributed by atoms with Gasteiger partial charge in [0.05, 0.1) is 17.0 Å². The van der Waals surface area contributed by atoms with E-state index in [9.17, 15) is 4.79 Å². The van der Waals surface area contributed by atoms with Gasteiger partial charge in [-0.1, -0.05) is 12.1 Å². The summed E-state index contributed by atoms with van der Waals surface area (Å²) >= 11 is 1.40. The Morgan fingerprint density at radius 3 is 2.83 bits per heavy atom. The number of para-hydroxylation sites is 1. The maximum atomic E-state index is 12.7. The lowest BCUT2D eigenvalue weighted by molar-refractivity contribution is 0.102. The number of rotatable bonds is 7. The first-order valence-corrected chi connectivity index (χ1v) is 10.5. The molecule has 1 amide bonds. The van der Waals surface area contributed by atoms with Crippen LogP contribution in [0, 0.1) is 0 Å². The molecule has 0 aliphatic carbocycles. The lowest BCUT2D eigenvalue weighted by Gasteiger charge is -2.08. The zero-order chi connectivity index (χ0) is 20.2. The number of thiazole rings is 1. The van der Waals surface area contributed by atoms with Gasteiger partial charge in [0, 0.05) is 35.5 Å². The third-order valence-corrected chi connectivity index (χ3v) is 5.51. The van der Waals surface area contributed by atoms with Gasteiger partial charge in [-0.05, 0) is 57.2 Å². The Hall–Kier alpha value is -2.90. The first kappa shape index (κ1) is 19.4. The van der Waals surface area contributed by atoms with Gasteiger partial charge in [0.25, 0.3) is 5.91 Å². The van der Waals surface area contributed by atoms with E-state index in [1.807, 2.05) is 23.7 Å². The Labute approximate surface area is 174 Å². The number of aliphatic imine (C=N–C) groups is 1. The summed E-state index contributed by atoms with van der Waals surface area (Å²) in [7, 11) is 4.16.